The van der Waals surface area contributed by atoms with Crippen molar-refractivity contribution in [1.82, 2.24) is 9.97 Å². The van der Waals surface area contributed by atoms with E-state index < -0.39 is 0 Å². The van der Waals surface area contributed by atoms with E-state index in [9.17, 15) is 0 Å². The van der Waals surface area contributed by atoms with Gasteiger partial charge < -0.3 is 10.1 Å². The van der Waals surface area contributed by atoms with Crippen LogP contribution >= 0.6 is 11.3 Å². The molecule has 5 heteroatoms. The van der Waals surface area contributed by atoms with Crippen molar-refractivity contribution in [3.63, 3.8) is 0 Å². The Morgan fingerprint density at radius 2 is 2.33 bits per heavy atom. The first-order chi connectivity index (χ1) is 8.90. The largest absolute Gasteiger partial charge is 0.380 e. The van der Waals surface area contributed by atoms with Gasteiger partial charge in [0.1, 0.15) is 17.0 Å². The minimum absolute atomic E-state index is 0.717. The van der Waals surface area contributed by atoms with Crippen LogP contribution in [0.15, 0.2) is 6.33 Å². The van der Waals surface area contributed by atoms with Crippen LogP contribution in [-0.4, -0.2) is 29.7 Å². The lowest BCUT2D eigenvalue weighted by Crippen LogP contribution is -2.10. The fourth-order valence-corrected chi connectivity index (χ4v) is 3.68. The van der Waals surface area contributed by atoms with Crippen molar-refractivity contribution in [1.29, 1.82) is 0 Å². The van der Waals surface area contributed by atoms with Gasteiger partial charge in [0, 0.05) is 18.0 Å². The summed E-state index contributed by atoms with van der Waals surface area (Å²) in [6, 6.07) is 0. The summed E-state index contributed by atoms with van der Waals surface area (Å²) >= 11 is 1.82. The van der Waals surface area contributed by atoms with Gasteiger partial charge in [-0.05, 0) is 31.7 Å². The molecule has 1 N–H and O–H groups in total. The van der Waals surface area contributed by atoms with Gasteiger partial charge in [-0.15, -0.1) is 11.3 Å². The number of nitrogens with zero attached hydrogens (tertiary/aromatic N) is 2. The molecule has 0 amide bonds. The maximum atomic E-state index is 5.34. The maximum Gasteiger partial charge on any atom is 0.138 e. The molecule has 0 aromatic carbocycles. The maximum absolute atomic E-state index is 5.34. The van der Waals surface area contributed by atoms with Gasteiger partial charge in [0.25, 0.3) is 0 Å². The van der Waals surface area contributed by atoms with E-state index in [1.807, 2.05) is 18.3 Å². The Morgan fingerprint density at radius 1 is 1.39 bits per heavy atom. The van der Waals surface area contributed by atoms with Crippen LogP contribution in [-0.2, 0) is 17.6 Å². The average molecular weight is 263 g/mol. The lowest BCUT2D eigenvalue weighted by Gasteiger charge is -2.07. The highest BCUT2D eigenvalue weighted by Crippen LogP contribution is 2.38. The van der Waals surface area contributed by atoms with Crippen LogP contribution in [0.4, 0.5) is 5.82 Å². The molecule has 0 spiro atoms. The first kappa shape index (κ1) is 11.9. The molecule has 0 unspecified atom stereocenters. The molecular weight excluding hydrogens is 246 g/mol. The number of ether oxygens (including phenoxy) is 1. The lowest BCUT2D eigenvalue weighted by molar-refractivity contribution is 0.158. The van der Waals surface area contributed by atoms with Crippen molar-refractivity contribution in [3.8, 4) is 0 Å². The Balaban J connectivity index is 1.87. The Morgan fingerprint density at radius 3 is 3.22 bits per heavy atom. The van der Waals surface area contributed by atoms with Crippen molar-refractivity contribution in [3.05, 3.63) is 16.8 Å². The number of aryl methyl sites for hydroxylation is 2. The third-order valence-corrected chi connectivity index (χ3v) is 4.44. The number of hydrogen-bond acceptors (Lipinski definition) is 5. The van der Waals surface area contributed by atoms with Gasteiger partial charge in [0.05, 0.1) is 12.0 Å². The van der Waals surface area contributed by atoms with Crippen LogP contribution in [0.3, 0.4) is 0 Å². The molecule has 0 saturated carbocycles. The van der Waals surface area contributed by atoms with Crippen molar-refractivity contribution in [2.24, 2.45) is 0 Å². The molecule has 0 bridgehead atoms. The number of hydrogen-bond donors (Lipinski definition) is 1. The molecule has 0 fully saturated rings. The van der Waals surface area contributed by atoms with E-state index in [2.05, 4.69) is 15.3 Å². The fourth-order valence-electron chi connectivity index (χ4n) is 2.45. The minimum atomic E-state index is 0.717. The monoisotopic (exact) mass is 263 g/mol. The molecule has 0 radical (unpaired) electrons. The predicted octanol–water partition coefficient (Wildman–Crippen LogP) is 2.63. The first-order valence-corrected chi connectivity index (χ1v) is 7.28. The molecule has 18 heavy (non-hydrogen) atoms. The minimum Gasteiger partial charge on any atom is -0.380 e. The molecule has 96 valence electrons. The zero-order chi connectivity index (χ0) is 12.4. The number of nitrogens with one attached hydrogen (secondary N) is 1. The Hall–Kier alpha value is -1.20. The highest BCUT2D eigenvalue weighted by atomic mass is 32.1. The molecule has 3 rings (SSSR count). The molecule has 2 aromatic rings. The quantitative estimate of drug-likeness (QED) is 0.842. The summed E-state index contributed by atoms with van der Waals surface area (Å²) in [6.07, 6.45) is 5.29. The summed E-state index contributed by atoms with van der Waals surface area (Å²) < 4.78 is 5.34. The van der Waals surface area contributed by atoms with Crippen molar-refractivity contribution < 1.29 is 4.74 Å². The van der Waals surface area contributed by atoms with E-state index in [1.54, 1.807) is 6.33 Å². The van der Waals surface area contributed by atoms with Crippen molar-refractivity contribution in [2.75, 3.05) is 25.1 Å². The molecule has 2 heterocycles. The van der Waals surface area contributed by atoms with Crippen LogP contribution < -0.4 is 5.32 Å². The van der Waals surface area contributed by atoms with Crippen molar-refractivity contribution >= 4 is 27.4 Å². The second-order valence-electron chi connectivity index (χ2n) is 4.38. The molecule has 0 aliphatic heterocycles. The smallest absolute Gasteiger partial charge is 0.138 e. The zero-order valence-electron chi connectivity index (χ0n) is 10.5. The molecule has 1 aliphatic rings. The first-order valence-electron chi connectivity index (χ1n) is 6.47. The van der Waals surface area contributed by atoms with Crippen LogP contribution in [0.5, 0.6) is 0 Å². The second kappa shape index (κ2) is 5.20. The Labute approximate surface area is 110 Å². The number of aromatic nitrogens is 2. The molecular formula is C13H17N3OS. The third-order valence-electron chi connectivity index (χ3n) is 3.24. The average Bonchev–Trinajstić information content (AvgIpc) is 2.94. The van der Waals surface area contributed by atoms with E-state index in [-0.39, 0.29) is 0 Å². The molecule has 1 aliphatic carbocycles. The normalized spacial score (nSPS) is 14.1. The van der Waals surface area contributed by atoms with E-state index in [0.29, 0.717) is 6.61 Å². The van der Waals surface area contributed by atoms with E-state index in [0.717, 1.165) is 23.8 Å². The number of anilines is 1. The van der Waals surface area contributed by atoms with Gasteiger partial charge in [-0.25, -0.2) is 9.97 Å². The van der Waals surface area contributed by atoms with Gasteiger partial charge in [0.15, 0.2) is 0 Å². The zero-order valence-corrected chi connectivity index (χ0v) is 11.3. The summed E-state index contributed by atoms with van der Waals surface area (Å²) in [7, 11) is 0. The van der Waals surface area contributed by atoms with E-state index >= 15 is 0 Å². The molecule has 0 atom stereocenters. The van der Waals surface area contributed by atoms with Gasteiger partial charge in [0.2, 0.25) is 0 Å². The van der Waals surface area contributed by atoms with E-state index in [1.165, 1.54) is 35.1 Å². The van der Waals surface area contributed by atoms with Crippen LogP contribution in [0.1, 0.15) is 23.8 Å². The SMILES string of the molecule is CCOCCNc1ncnc2sc3c(c12)CCC3. The Kier molecular flexibility index (Phi) is 3.43. The topological polar surface area (TPSA) is 47.0 Å². The molecule has 4 nitrogen and oxygen atoms in total. The summed E-state index contributed by atoms with van der Waals surface area (Å²) in [5.41, 5.74) is 1.47. The summed E-state index contributed by atoms with van der Waals surface area (Å²) in [4.78, 5) is 11.4. The standard InChI is InChI=1S/C13H17N3OS/c1-2-17-7-6-14-12-11-9-4-3-5-10(9)18-13(11)16-8-15-12/h8H,2-7H2,1H3,(H,14,15,16). The predicted molar refractivity (Wildman–Crippen MR) is 74.4 cm³/mol. The van der Waals surface area contributed by atoms with Crippen LogP contribution in [0.25, 0.3) is 10.2 Å². The van der Waals surface area contributed by atoms with Crippen LogP contribution in [0.2, 0.25) is 0 Å². The van der Waals surface area contributed by atoms with Crippen LogP contribution in [0, 0.1) is 0 Å². The lowest BCUT2D eigenvalue weighted by atomic mass is 10.2. The Bertz CT molecular complexity index is 552. The summed E-state index contributed by atoms with van der Waals surface area (Å²) in [6.45, 7) is 4.28. The number of thiophene rings is 1. The number of rotatable bonds is 5. The van der Waals surface area contributed by atoms with Crippen molar-refractivity contribution in [2.45, 2.75) is 26.2 Å². The summed E-state index contributed by atoms with van der Waals surface area (Å²) in [5.74, 6) is 0.971. The van der Waals surface area contributed by atoms with Gasteiger partial charge in [-0.1, -0.05) is 0 Å². The van der Waals surface area contributed by atoms with E-state index in [4.69, 9.17) is 4.74 Å². The number of fused-ring (bicyclic) bond motifs is 3. The van der Waals surface area contributed by atoms with Gasteiger partial charge in [-0.2, -0.15) is 0 Å². The summed E-state index contributed by atoms with van der Waals surface area (Å²) in [5, 5.41) is 4.61. The highest BCUT2D eigenvalue weighted by molar-refractivity contribution is 7.19. The fraction of sp³-hybridized carbons (Fsp3) is 0.538. The second-order valence-corrected chi connectivity index (χ2v) is 5.47. The van der Waals surface area contributed by atoms with Gasteiger partial charge >= 0.3 is 0 Å². The molecule has 0 saturated heterocycles. The highest BCUT2D eigenvalue weighted by Gasteiger charge is 2.20. The molecule has 2 aromatic heterocycles. The van der Waals surface area contributed by atoms with Gasteiger partial charge in [-0.3, -0.25) is 0 Å². The third kappa shape index (κ3) is 2.08.